The van der Waals surface area contributed by atoms with Crippen LogP contribution in [0.4, 0.5) is 0 Å². The van der Waals surface area contributed by atoms with Crippen LogP contribution in [0.2, 0.25) is 0 Å². The molecule has 3 aromatic carbocycles. The molecule has 0 amide bonds. The van der Waals surface area contributed by atoms with Crippen molar-refractivity contribution in [3.8, 4) is 0 Å². The molecular formula is C18H21N3PRu. The van der Waals surface area contributed by atoms with Gasteiger partial charge in [0.15, 0.2) is 0 Å². The van der Waals surface area contributed by atoms with Crippen molar-refractivity contribution < 1.29 is 19.5 Å². The molecule has 0 aliphatic carbocycles. The van der Waals surface area contributed by atoms with Gasteiger partial charge in [0.05, 0.1) is 0 Å². The van der Waals surface area contributed by atoms with Gasteiger partial charge in [-0.05, 0) is 23.8 Å². The Balaban J connectivity index is 0. The van der Waals surface area contributed by atoms with Gasteiger partial charge in [0.2, 0.25) is 0 Å². The van der Waals surface area contributed by atoms with Crippen LogP contribution in [0, 0.1) is 0 Å². The average Bonchev–Trinajstić information content (AvgIpc) is 2.51. The molecule has 121 valence electrons. The summed E-state index contributed by atoms with van der Waals surface area (Å²) < 4.78 is 0. The molecule has 6 N–H and O–H groups in total. The Morgan fingerprint density at radius 2 is 0.609 bits per heavy atom. The second-order valence-electron chi connectivity index (χ2n) is 4.34. The molecule has 0 unspecified atom stereocenters. The van der Waals surface area contributed by atoms with Crippen molar-refractivity contribution in [2.24, 2.45) is 0 Å². The van der Waals surface area contributed by atoms with Crippen molar-refractivity contribution in [3.63, 3.8) is 0 Å². The fourth-order valence-electron chi connectivity index (χ4n) is 2.18. The zero-order chi connectivity index (χ0) is 12.9. The first-order valence-corrected chi connectivity index (χ1v) is 7.74. The van der Waals surface area contributed by atoms with E-state index >= 15 is 0 Å². The van der Waals surface area contributed by atoms with E-state index in [-0.39, 0.29) is 37.9 Å². The third-order valence-electron chi connectivity index (χ3n) is 3.04. The summed E-state index contributed by atoms with van der Waals surface area (Å²) in [5.41, 5.74) is 0. The maximum atomic E-state index is 2.23. The molecule has 0 saturated heterocycles. The number of nitrogens with two attached hydrogens (primary N) is 3. The molecule has 23 heavy (non-hydrogen) atoms. The third-order valence-corrected chi connectivity index (χ3v) is 5.49. The standard InChI is InChI=1S/C18H15P.3H2N.Ru/c1-4-10-16(11-5-1)19(17-12-6-2-7-13-17)18-14-8-3-9-15-18;;;;/h1-15H;3*1H2;/q;3*-1;+3. The van der Waals surface area contributed by atoms with Gasteiger partial charge in [0.25, 0.3) is 0 Å². The van der Waals surface area contributed by atoms with Crippen LogP contribution in [-0.2, 0) is 19.5 Å². The van der Waals surface area contributed by atoms with Crippen molar-refractivity contribution in [3.05, 3.63) is 109 Å². The van der Waals surface area contributed by atoms with Gasteiger partial charge in [-0.1, -0.05) is 91.0 Å². The molecule has 0 fully saturated rings. The van der Waals surface area contributed by atoms with Crippen molar-refractivity contribution >= 4 is 23.8 Å². The van der Waals surface area contributed by atoms with Crippen LogP contribution in [0.15, 0.2) is 91.0 Å². The van der Waals surface area contributed by atoms with Crippen molar-refractivity contribution in [1.82, 2.24) is 0 Å². The second kappa shape index (κ2) is 12.1. The average molecular weight is 411 g/mol. The van der Waals surface area contributed by atoms with Gasteiger partial charge in [-0.15, -0.1) is 0 Å². The topological polar surface area (TPSA) is 100 Å². The molecule has 0 aliphatic rings. The Labute approximate surface area is 152 Å². The Morgan fingerprint density at radius 3 is 0.826 bits per heavy atom. The second-order valence-corrected chi connectivity index (χ2v) is 6.56. The minimum atomic E-state index is -0.446. The minimum absolute atomic E-state index is 0. The Bertz CT molecular complexity index is 542. The first kappa shape index (κ1) is 23.9. The van der Waals surface area contributed by atoms with Crippen LogP contribution in [-0.4, -0.2) is 0 Å². The van der Waals surface area contributed by atoms with Crippen LogP contribution in [0.1, 0.15) is 0 Å². The number of rotatable bonds is 3. The van der Waals surface area contributed by atoms with E-state index in [1.54, 1.807) is 0 Å². The Morgan fingerprint density at radius 1 is 0.391 bits per heavy atom. The molecule has 0 bridgehead atoms. The van der Waals surface area contributed by atoms with Crippen LogP contribution < -0.4 is 15.9 Å². The summed E-state index contributed by atoms with van der Waals surface area (Å²) >= 11 is 0. The van der Waals surface area contributed by atoms with Gasteiger partial charge in [0.1, 0.15) is 0 Å². The van der Waals surface area contributed by atoms with E-state index in [0.717, 1.165) is 0 Å². The van der Waals surface area contributed by atoms with Gasteiger partial charge in [-0.25, -0.2) is 0 Å². The number of hydrogen-bond donors (Lipinski definition) is 0. The van der Waals surface area contributed by atoms with Crippen LogP contribution >= 0.6 is 7.92 Å². The Kier molecular flexibility index (Phi) is 12.5. The number of hydrogen-bond acceptors (Lipinski definition) is 0. The van der Waals surface area contributed by atoms with Gasteiger partial charge >= 0.3 is 19.5 Å². The number of benzene rings is 3. The van der Waals surface area contributed by atoms with E-state index in [9.17, 15) is 0 Å². The van der Waals surface area contributed by atoms with Gasteiger partial charge < -0.3 is 18.5 Å². The van der Waals surface area contributed by atoms with Crippen molar-refractivity contribution in [2.75, 3.05) is 0 Å². The van der Waals surface area contributed by atoms with E-state index in [2.05, 4.69) is 91.0 Å². The molecule has 3 rings (SSSR count). The van der Waals surface area contributed by atoms with Crippen LogP contribution in [0.3, 0.4) is 0 Å². The van der Waals surface area contributed by atoms with Crippen molar-refractivity contribution in [2.45, 2.75) is 0 Å². The fraction of sp³-hybridized carbons (Fsp3) is 0. The SMILES string of the molecule is [NH2-].[NH2-].[NH2-].[Ru+3].c1ccc(P(c2ccccc2)c2ccccc2)cc1. The van der Waals surface area contributed by atoms with Crippen LogP contribution in [0.5, 0.6) is 0 Å². The van der Waals surface area contributed by atoms with Crippen LogP contribution in [0.25, 0.3) is 18.5 Å². The smallest absolute Gasteiger partial charge is 0.693 e. The summed E-state index contributed by atoms with van der Waals surface area (Å²) in [4.78, 5) is 0. The maximum Gasteiger partial charge on any atom is 3.00 e. The summed E-state index contributed by atoms with van der Waals surface area (Å²) in [6.07, 6.45) is 0. The predicted molar refractivity (Wildman–Crippen MR) is 101 cm³/mol. The summed E-state index contributed by atoms with van der Waals surface area (Å²) in [7, 11) is -0.446. The monoisotopic (exact) mass is 412 g/mol. The normalized spacial score (nSPS) is 8.74. The molecular weight excluding hydrogens is 390 g/mol. The van der Waals surface area contributed by atoms with Crippen molar-refractivity contribution in [1.29, 1.82) is 0 Å². The molecule has 5 heteroatoms. The molecule has 0 heterocycles. The molecule has 3 aromatic rings. The zero-order valence-electron chi connectivity index (χ0n) is 12.7. The molecule has 3 nitrogen and oxygen atoms in total. The fourth-order valence-corrected chi connectivity index (χ4v) is 4.48. The molecule has 0 spiro atoms. The molecule has 0 saturated carbocycles. The van der Waals surface area contributed by atoms with E-state index in [1.165, 1.54) is 15.9 Å². The van der Waals surface area contributed by atoms with E-state index < -0.39 is 7.92 Å². The molecule has 0 atom stereocenters. The molecule has 0 aliphatic heterocycles. The summed E-state index contributed by atoms with van der Waals surface area (Å²) in [5.74, 6) is 0. The molecule has 1 radical (unpaired) electrons. The summed E-state index contributed by atoms with van der Waals surface area (Å²) in [5, 5.41) is 4.19. The molecule has 0 aromatic heterocycles. The quantitative estimate of drug-likeness (QED) is 0.396. The Hall–Kier alpha value is -1.41. The van der Waals surface area contributed by atoms with Gasteiger partial charge in [0, 0.05) is 0 Å². The first-order valence-electron chi connectivity index (χ1n) is 6.40. The summed E-state index contributed by atoms with van der Waals surface area (Å²) in [6.45, 7) is 0. The largest absolute Gasteiger partial charge is 3.00 e. The summed E-state index contributed by atoms with van der Waals surface area (Å²) in [6, 6.07) is 32.3. The van der Waals surface area contributed by atoms with E-state index in [0.29, 0.717) is 0 Å². The first-order chi connectivity index (χ1) is 9.45. The minimum Gasteiger partial charge on any atom is -0.693 e. The van der Waals surface area contributed by atoms with Gasteiger partial charge in [-0.2, -0.15) is 0 Å². The maximum absolute atomic E-state index is 2.23. The zero-order valence-corrected chi connectivity index (χ0v) is 15.3. The van der Waals surface area contributed by atoms with E-state index in [4.69, 9.17) is 0 Å². The third kappa shape index (κ3) is 5.95. The predicted octanol–water partition coefficient (Wildman–Crippen LogP) is 5.59. The van der Waals surface area contributed by atoms with Gasteiger partial charge in [-0.3, -0.25) is 0 Å². The van der Waals surface area contributed by atoms with E-state index in [1.807, 2.05) is 0 Å².